The van der Waals surface area contributed by atoms with Crippen molar-refractivity contribution in [2.75, 3.05) is 20.3 Å². The lowest BCUT2D eigenvalue weighted by Crippen LogP contribution is -2.18. The highest BCUT2D eigenvalue weighted by molar-refractivity contribution is 4.80. The van der Waals surface area contributed by atoms with Crippen LogP contribution in [0, 0.1) is 0 Å². The minimum absolute atomic E-state index is 0.849. The highest BCUT2D eigenvalue weighted by atomic mass is 16.5. The van der Waals surface area contributed by atoms with E-state index in [9.17, 15) is 0 Å². The van der Waals surface area contributed by atoms with E-state index in [-0.39, 0.29) is 0 Å². The summed E-state index contributed by atoms with van der Waals surface area (Å²) >= 11 is 0. The van der Waals surface area contributed by atoms with Gasteiger partial charge in [0, 0.05) is 19.8 Å². The van der Waals surface area contributed by atoms with Crippen LogP contribution in [0.15, 0.2) is 0 Å². The Morgan fingerprint density at radius 2 is 2.33 bits per heavy atom. The maximum atomic E-state index is 4.90. The van der Waals surface area contributed by atoms with Gasteiger partial charge in [-0.1, -0.05) is 0 Å². The van der Waals surface area contributed by atoms with Gasteiger partial charge in [0.25, 0.3) is 0 Å². The van der Waals surface area contributed by atoms with Crippen molar-refractivity contribution < 1.29 is 4.74 Å². The molecule has 0 aromatic carbocycles. The largest absolute Gasteiger partial charge is 0.385 e. The second kappa shape index (κ2) is 3.85. The van der Waals surface area contributed by atoms with Crippen LogP contribution in [0.4, 0.5) is 0 Å². The molecule has 1 N–H and O–H groups in total. The normalized spacial score (nSPS) is 18.3. The first-order valence-electron chi connectivity index (χ1n) is 3.66. The summed E-state index contributed by atoms with van der Waals surface area (Å²) in [6.45, 7) is 2.01. The number of hydrogen-bond acceptors (Lipinski definition) is 2. The van der Waals surface area contributed by atoms with Gasteiger partial charge in [0.2, 0.25) is 0 Å². The summed E-state index contributed by atoms with van der Waals surface area (Å²) in [7, 11) is 1.75. The molecule has 1 aliphatic rings. The molecule has 1 rings (SSSR count). The molecule has 0 radical (unpaired) electrons. The van der Waals surface area contributed by atoms with Crippen LogP contribution in [0.5, 0.6) is 0 Å². The van der Waals surface area contributed by atoms with Gasteiger partial charge in [-0.05, 0) is 25.8 Å². The van der Waals surface area contributed by atoms with E-state index >= 15 is 0 Å². The van der Waals surface area contributed by atoms with Crippen LogP contribution in [0.2, 0.25) is 0 Å². The zero-order valence-electron chi connectivity index (χ0n) is 6.02. The maximum absolute atomic E-state index is 4.90. The van der Waals surface area contributed by atoms with Crippen molar-refractivity contribution in [3.8, 4) is 0 Å². The van der Waals surface area contributed by atoms with Gasteiger partial charge in [-0.25, -0.2) is 0 Å². The Hall–Kier alpha value is -0.0800. The first-order valence-corrected chi connectivity index (χ1v) is 3.66. The fraction of sp³-hybridized carbons (Fsp3) is 1.00. The molecule has 0 saturated heterocycles. The average Bonchev–Trinajstić information content (AvgIpc) is 2.63. The van der Waals surface area contributed by atoms with Gasteiger partial charge in [0.1, 0.15) is 0 Å². The van der Waals surface area contributed by atoms with E-state index in [1.807, 2.05) is 0 Å². The lowest BCUT2D eigenvalue weighted by molar-refractivity contribution is 0.194. The summed E-state index contributed by atoms with van der Waals surface area (Å²) in [4.78, 5) is 0. The summed E-state index contributed by atoms with van der Waals surface area (Å²) < 4.78 is 4.90. The quantitative estimate of drug-likeness (QED) is 0.554. The Morgan fingerprint density at radius 1 is 1.56 bits per heavy atom. The molecule has 9 heavy (non-hydrogen) atoms. The fourth-order valence-electron chi connectivity index (χ4n) is 0.810. The smallest absolute Gasteiger partial charge is 0.0474 e. The summed E-state index contributed by atoms with van der Waals surface area (Å²) in [5.41, 5.74) is 0. The molecule has 2 nitrogen and oxygen atoms in total. The van der Waals surface area contributed by atoms with Crippen LogP contribution in [0.25, 0.3) is 0 Å². The molecular formula is C7H15NO. The van der Waals surface area contributed by atoms with Gasteiger partial charge in [0.05, 0.1) is 0 Å². The summed E-state index contributed by atoms with van der Waals surface area (Å²) in [6.07, 6.45) is 3.91. The Bertz CT molecular complexity index is 71.3. The zero-order valence-corrected chi connectivity index (χ0v) is 6.02. The molecule has 1 aliphatic carbocycles. The van der Waals surface area contributed by atoms with Crippen molar-refractivity contribution in [1.29, 1.82) is 0 Å². The highest BCUT2D eigenvalue weighted by Gasteiger charge is 2.19. The molecule has 1 fully saturated rings. The van der Waals surface area contributed by atoms with Gasteiger partial charge in [0.15, 0.2) is 0 Å². The minimum atomic E-state index is 0.849. The molecule has 0 aromatic heterocycles. The topological polar surface area (TPSA) is 21.3 Å². The van der Waals surface area contributed by atoms with E-state index in [0.29, 0.717) is 0 Å². The molecule has 2 heteroatoms. The summed E-state index contributed by atoms with van der Waals surface area (Å²) in [5, 5.41) is 3.41. The average molecular weight is 129 g/mol. The third kappa shape index (κ3) is 3.49. The van der Waals surface area contributed by atoms with Crippen LogP contribution in [0.1, 0.15) is 19.3 Å². The van der Waals surface area contributed by atoms with Gasteiger partial charge in [-0.15, -0.1) is 0 Å². The summed E-state index contributed by atoms with van der Waals surface area (Å²) in [5.74, 6) is 0. The number of ether oxygens (including phenoxy) is 1. The van der Waals surface area contributed by atoms with Crippen LogP contribution >= 0.6 is 0 Å². The number of hydrogen-bond donors (Lipinski definition) is 1. The van der Waals surface area contributed by atoms with E-state index in [4.69, 9.17) is 4.74 Å². The van der Waals surface area contributed by atoms with Crippen molar-refractivity contribution in [1.82, 2.24) is 5.32 Å². The number of nitrogens with one attached hydrogen (secondary N) is 1. The predicted octanol–water partition coefficient (Wildman–Crippen LogP) is 0.775. The maximum Gasteiger partial charge on any atom is 0.0474 e. The van der Waals surface area contributed by atoms with Gasteiger partial charge in [-0.2, -0.15) is 0 Å². The molecule has 1 saturated carbocycles. The van der Waals surface area contributed by atoms with Crippen molar-refractivity contribution in [2.24, 2.45) is 0 Å². The van der Waals surface area contributed by atoms with Crippen molar-refractivity contribution in [2.45, 2.75) is 25.3 Å². The molecule has 0 aromatic rings. The van der Waals surface area contributed by atoms with Crippen molar-refractivity contribution >= 4 is 0 Å². The van der Waals surface area contributed by atoms with E-state index in [0.717, 1.165) is 25.6 Å². The second-order valence-electron chi connectivity index (χ2n) is 2.57. The molecule has 0 atom stereocenters. The third-order valence-corrected chi connectivity index (χ3v) is 1.54. The Kier molecular flexibility index (Phi) is 3.01. The van der Waals surface area contributed by atoms with Crippen LogP contribution in [0.3, 0.4) is 0 Å². The number of methoxy groups -OCH3 is 1. The standard InChI is InChI=1S/C7H15NO/c1-9-6-2-5-8-7-3-4-7/h7-8H,2-6H2,1H3. The Labute approximate surface area is 56.6 Å². The SMILES string of the molecule is COCCCNC1CC1. The lowest BCUT2D eigenvalue weighted by atomic mass is 10.4. The first kappa shape index (κ1) is 7.03. The second-order valence-corrected chi connectivity index (χ2v) is 2.57. The first-order chi connectivity index (χ1) is 4.43. The molecule has 0 amide bonds. The molecular weight excluding hydrogens is 114 g/mol. The zero-order chi connectivity index (χ0) is 6.53. The molecule has 0 spiro atoms. The van der Waals surface area contributed by atoms with Crippen LogP contribution in [-0.4, -0.2) is 26.3 Å². The van der Waals surface area contributed by atoms with E-state index in [1.165, 1.54) is 12.8 Å². The minimum Gasteiger partial charge on any atom is -0.385 e. The van der Waals surface area contributed by atoms with Crippen LogP contribution < -0.4 is 5.32 Å². The van der Waals surface area contributed by atoms with Gasteiger partial charge in [-0.3, -0.25) is 0 Å². The molecule has 54 valence electrons. The lowest BCUT2D eigenvalue weighted by Gasteiger charge is -1.99. The molecule has 0 bridgehead atoms. The Balaban J connectivity index is 1.71. The van der Waals surface area contributed by atoms with Gasteiger partial charge < -0.3 is 10.1 Å². The predicted molar refractivity (Wildman–Crippen MR) is 37.5 cm³/mol. The van der Waals surface area contributed by atoms with Gasteiger partial charge >= 0.3 is 0 Å². The monoisotopic (exact) mass is 129 g/mol. The van der Waals surface area contributed by atoms with E-state index in [2.05, 4.69) is 5.32 Å². The molecule has 0 heterocycles. The van der Waals surface area contributed by atoms with E-state index < -0.39 is 0 Å². The van der Waals surface area contributed by atoms with E-state index in [1.54, 1.807) is 7.11 Å². The highest BCUT2D eigenvalue weighted by Crippen LogP contribution is 2.18. The van der Waals surface area contributed by atoms with Crippen LogP contribution in [-0.2, 0) is 4.74 Å². The molecule has 0 unspecified atom stereocenters. The molecule has 0 aliphatic heterocycles. The fourth-order valence-corrected chi connectivity index (χ4v) is 0.810. The van der Waals surface area contributed by atoms with Crippen molar-refractivity contribution in [3.05, 3.63) is 0 Å². The number of rotatable bonds is 5. The van der Waals surface area contributed by atoms with Crippen molar-refractivity contribution in [3.63, 3.8) is 0 Å². The third-order valence-electron chi connectivity index (χ3n) is 1.54. The summed E-state index contributed by atoms with van der Waals surface area (Å²) in [6, 6.07) is 0.849. The Morgan fingerprint density at radius 3 is 2.89 bits per heavy atom.